The second kappa shape index (κ2) is 4.75. The number of rotatable bonds is 2. The highest BCUT2D eigenvalue weighted by atomic mass is 32.1. The van der Waals surface area contributed by atoms with Gasteiger partial charge in [-0.1, -0.05) is 12.1 Å². The van der Waals surface area contributed by atoms with Crippen LogP contribution in [0.25, 0.3) is 0 Å². The summed E-state index contributed by atoms with van der Waals surface area (Å²) in [6.45, 7) is 2.04. The predicted molar refractivity (Wildman–Crippen MR) is 82.1 cm³/mol. The van der Waals surface area contributed by atoms with Gasteiger partial charge in [0, 0.05) is 16.8 Å². The molecule has 1 aromatic heterocycles. The van der Waals surface area contributed by atoms with Crippen molar-refractivity contribution in [3.05, 3.63) is 39.9 Å². The SMILES string of the molecule is COc1cc(C2(N)CCc3nc(N)sc3C2)ccc1C. The van der Waals surface area contributed by atoms with Gasteiger partial charge in [0.05, 0.1) is 12.8 Å². The van der Waals surface area contributed by atoms with E-state index < -0.39 is 0 Å². The molecule has 3 rings (SSSR count). The van der Waals surface area contributed by atoms with Gasteiger partial charge in [-0.3, -0.25) is 0 Å². The second-order valence-corrected chi connectivity index (χ2v) is 6.55. The summed E-state index contributed by atoms with van der Waals surface area (Å²) in [7, 11) is 1.69. The van der Waals surface area contributed by atoms with E-state index in [2.05, 4.69) is 23.2 Å². The summed E-state index contributed by atoms with van der Waals surface area (Å²) in [5.74, 6) is 0.891. The van der Waals surface area contributed by atoms with E-state index in [-0.39, 0.29) is 5.54 Å². The van der Waals surface area contributed by atoms with Crippen LogP contribution in [0.5, 0.6) is 5.75 Å². The number of aryl methyl sites for hydroxylation is 2. The highest BCUT2D eigenvalue weighted by Crippen LogP contribution is 2.38. The van der Waals surface area contributed by atoms with Crippen molar-refractivity contribution < 1.29 is 4.74 Å². The van der Waals surface area contributed by atoms with Crippen LogP contribution >= 0.6 is 11.3 Å². The number of hydrogen-bond donors (Lipinski definition) is 2. The van der Waals surface area contributed by atoms with Crippen LogP contribution in [0.3, 0.4) is 0 Å². The van der Waals surface area contributed by atoms with E-state index in [1.165, 1.54) is 4.88 Å². The Hall–Kier alpha value is -1.59. The smallest absolute Gasteiger partial charge is 0.180 e. The predicted octanol–water partition coefficient (Wildman–Crippen LogP) is 2.39. The molecule has 1 unspecified atom stereocenters. The largest absolute Gasteiger partial charge is 0.496 e. The van der Waals surface area contributed by atoms with Gasteiger partial charge >= 0.3 is 0 Å². The van der Waals surface area contributed by atoms with Gasteiger partial charge in [0.25, 0.3) is 0 Å². The number of nitrogens with two attached hydrogens (primary N) is 2. The third-order valence-electron chi connectivity index (χ3n) is 4.06. The molecule has 0 bridgehead atoms. The van der Waals surface area contributed by atoms with E-state index in [1.54, 1.807) is 18.4 Å². The fraction of sp³-hybridized carbons (Fsp3) is 0.400. The highest BCUT2D eigenvalue weighted by molar-refractivity contribution is 7.15. The molecule has 0 saturated carbocycles. The number of fused-ring (bicyclic) bond motifs is 1. The van der Waals surface area contributed by atoms with Crippen LogP contribution in [0.4, 0.5) is 5.13 Å². The van der Waals surface area contributed by atoms with Crippen LogP contribution in [0.2, 0.25) is 0 Å². The zero-order chi connectivity index (χ0) is 14.3. The Bertz CT molecular complexity index is 653. The van der Waals surface area contributed by atoms with Crippen LogP contribution in [0.1, 0.15) is 28.1 Å². The van der Waals surface area contributed by atoms with Gasteiger partial charge in [-0.15, -0.1) is 11.3 Å². The molecule has 0 aliphatic heterocycles. The summed E-state index contributed by atoms with van der Waals surface area (Å²) in [6.07, 6.45) is 2.56. The molecule has 5 heteroatoms. The third-order valence-corrected chi connectivity index (χ3v) is 4.99. The minimum absolute atomic E-state index is 0.354. The first kappa shape index (κ1) is 13.4. The fourth-order valence-corrected chi connectivity index (χ4v) is 3.83. The Kier molecular flexibility index (Phi) is 3.18. The zero-order valence-electron chi connectivity index (χ0n) is 11.8. The summed E-state index contributed by atoms with van der Waals surface area (Å²) < 4.78 is 5.41. The van der Waals surface area contributed by atoms with Crippen molar-refractivity contribution in [3.63, 3.8) is 0 Å². The maximum atomic E-state index is 6.66. The van der Waals surface area contributed by atoms with E-state index in [4.69, 9.17) is 16.2 Å². The van der Waals surface area contributed by atoms with E-state index >= 15 is 0 Å². The number of methoxy groups -OCH3 is 1. The lowest BCUT2D eigenvalue weighted by Crippen LogP contribution is -2.41. The first-order valence-corrected chi connectivity index (χ1v) is 7.51. The maximum Gasteiger partial charge on any atom is 0.180 e. The lowest BCUT2D eigenvalue weighted by atomic mass is 9.78. The van der Waals surface area contributed by atoms with E-state index in [9.17, 15) is 0 Å². The van der Waals surface area contributed by atoms with Crippen molar-refractivity contribution >= 4 is 16.5 Å². The minimum Gasteiger partial charge on any atom is -0.496 e. The van der Waals surface area contributed by atoms with Gasteiger partial charge in [0.2, 0.25) is 0 Å². The normalized spacial score (nSPS) is 21.6. The number of hydrogen-bond acceptors (Lipinski definition) is 5. The van der Waals surface area contributed by atoms with Crippen molar-refractivity contribution in [1.29, 1.82) is 0 Å². The molecule has 1 atom stereocenters. The first-order valence-electron chi connectivity index (χ1n) is 6.70. The number of aromatic nitrogens is 1. The van der Waals surface area contributed by atoms with E-state index in [1.807, 2.05) is 6.92 Å². The Balaban J connectivity index is 1.97. The van der Waals surface area contributed by atoms with Crippen LogP contribution in [0.15, 0.2) is 18.2 Å². The summed E-state index contributed by atoms with van der Waals surface area (Å²) >= 11 is 1.56. The molecule has 0 spiro atoms. The van der Waals surface area contributed by atoms with Gasteiger partial charge in [-0.2, -0.15) is 0 Å². The van der Waals surface area contributed by atoms with E-state index in [0.717, 1.165) is 41.8 Å². The number of nitrogen functional groups attached to an aromatic ring is 1. The van der Waals surface area contributed by atoms with Gasteiger partial charge in [0.15, 0.2) is 5.13 Å². The molecule has 0 fully saturated rings. The van der Waals surface area contributed by atoms with Crippen LogP contribution in [0, 0.1) is 6.92 Å². The monoisotopic (exact) mass is 289 g/mol. The number of ether oxygens (including phenoxy) is 1. The molecular formula is C15H19N3OS. The molecule has 0 saturated heterocycles. The summed E-state index contributed by atoms with van der Waals surface area (Å²) in [5, 5.41) is 0.640. The molecule has 4 N–H and O–H groups in total. The highest BCUT2D eigenvalue weighted by Gasteiger charge is 2.34. The van der Waals surface area contributed by atoms with Crippen molar-refractivity contribution in [2.24, 2.45) is 5.73 Å². The molecule has 2 aromatic rings. The van der Waals surface area contributed by atoms with Crippen molar-refractivity contribution in [2.75, 3.05) is 12.8 Å². The quantitative estimate of drug-likeness (QED) is 0.890. The number of benzene rings is 1. The molecule has 1 aromatic carbocycles. The summed E-state index contributed by atoms with van der Waals surface area (Å²) in [6, 6.07) is 6.23. The number of anilines is 1. The van der Waals surface area contributed by atoms with Crippen LogP contribution in [-0.2, 0) is 18.4 Å². The summed E-state index contributed by atoms with van der Waals surface area (Å²) in [5.41, 5.74) is 15.5. The fourth-order valence-electron chi connectivity index (χ4n) is 2.83. The van der Waals surface area contributed by atoms with Crippen LogP contribution in [-0.4, -0.2) is 12.1 Å². The number of thiazole rings is 1. The molecule has 1 aliphatic carbocycles. The summed E-state index contributed by atoms with van der Waals surface area (Å²) in [4.78, 5) is 5.59. The van der Waals surface area contributed by atoms with Crippen molar-refractivity contribution in [3.8, 4) is 5.75 Å². The minimum atomic E-state index is -0.354. The molecule has 1 heterocycles. The molecule has 4 nitrogen and oxygen atoms in total. The number of nitrogens with zero attached hydrogens (tertiary/aromatic N) is 1. The van der Waals surface area contributed by atoms with Gasteiger partial charge < -0.3 is 16.2 Å². The molecule has 0 radical (unpaired) electrons. The Morgan fingerprint density at radius 3 is 2.95 bits per heavy atom. The molecule has 106 valence electrons. The standard InChI is InChI=1S/C15H19N3OS/c1-9-3-4-10(7-12(9)19-2)15(17)6-5-11-13(8-15)20-14(16)18-11/h3-4,7H,5-6,8,17H2,1-2H3,(H2,16,18). The molecule has 1 aliphatic rings. The van der Waals surface area contributed by atoms with Crippen LogP contribution < -0.4 is 16.2 Å². The zero-order valence-corrected chi connectivity index (χ0v) is 12.6. The molecular weight excluding hydrogens is 270 g/mol. The average Bonchev–Trinajstić information content (AvgIpc) is 2.78. The van der Waals surface area contributed by atoms with Crippen molar-refractivity contribution in [2.45, 2.75) is 31.7 Å². The third kappa shape index (κ3) is 2.17. The van der Waals surface area contributed by atoms with Gasteiger partial charge in [-0.25, -0.2) is 4.98 Å². The average molecular weight is 289 g/mol. The topological polar surface area (TPSA) is 74.2 Å². The lowest BCUT2D eigenvalue weighted by molar-refractivity contribution is 0.378. The second-order valence-electron chi connectivity index (χ2n) is 5.44. The van der Waals surface area contributed by atoms with E-state index in [0.29, 0.717) is 5.13 Å². The maximum absolute atomic E-state index is 6.66. The molecule has 20 heavy (non-hydrogen) atoms. The first-order chi connectivity index (χ1) is 9.51. The Morgan fingerprint density at radius 2 is 2.20 bits per heavy atom. The van der Waals surface area contributed by atoms with Gasteiger partial charge in [-0.05, 0) is 37.0 Å². The lowest BCUT2D eigenvalue weighted by Gasteiger charge is -2.33. The van der Waals surface area contributed by atoms with Gasteiger partial charge in [0.1, 0.15) is 5.75 Å². The Morgan fingerprint density at radius 1 is 1.40 bits per heavy atom. The molecule has 0 amide bonds. The van der Waals surface area contributed by atoms with Crippen molar-refractivity contribution in [1.82, 2.24) is 4.98 Å². The Labute approximate surface area is 122 Å².